The number of phenolic OH excluding ortho intramolecular Hbond substituents is 1. The van der Waals surface area contributed by atoms with E-state index in [1.165, 1.54) is 30.2 Å². The Labute approximate surface area is 223 Å². The summed E-state index contributed by atoms with van der Waals surface area (Å²) in [6.45, 7) is 7.09. The van der Waals surface area contributed by atoms with Crippen molar-refractivity contribution in [2.75, 3.05) is 13.7 Å². The Morgan fingerprint density at radius 2 is 2.05 bits per heavy atom. The lowest BCUT2D eigenvalue weighted by Crippen LogP contribution is -2.52. The number of rotatable bonds is 8. The topological polar surface area (TPSA) is 129 Å². The van der Waals surface area contributed by atoms with Gasteiger partial charge in [0.05, 0.1) is 19.6 Å². The second-order valence-electron chi connectivity index (χ2n) is 11.4. The lowest BCUT2D eigenvalue weighted by atomic mass is 9.70. The Balaban J connectivity index is 1.40. The first-order valence-corrected chi connectivity index (χ1v) is 13.3. The number of likely N-dealkylation sites (tertiary alicyclic amines) is 1. The summed E-state index contributed by atoms with van der Waals surface area (Å²) in [4.78, 5) is 40.7. The second-order valence-corrected chi connectivity index (χ2v) is 11.4. The number of nitriles is 1. The zero-order chi connectivity index (χ0) is 27.7. The van der Waals surface area contributed by atoms with Crippen molar-refractivity contribution in [3.63, 3.8) is 0 Å². The van der Waals surface area contributed by atoms with E-state index in [9.17, 15) is 24.8 Å². The average molecular weight is 524 g/mol. The maximum absolute atomic E-state index is 13.4. The van der Waals surface area contributed by atoms with Crippen LogP contribution >= 0.6 is 0 Å². The van der Waals surface area contributed by atoms with Gasteiger partial charge in [0.2, 0.25) is 11.8 Å². The molecule has 1 aromatic carbocycles. The molecule has 1 aromatic rings. The Hall–Kier alpha value is -3.54. The van der Waals surface area contributed by atoms with Gasteiger partial charge in [-0.25, -0.2) is 4.79 Å². The smallest absolute Gasteiger partial charge is 0.329 e. The largest absolute Gasteiger partial charge is 0.504 e. The number of carbonyl (C=O) groups is 3. The van der Waals surface area contributed by atoms with Gasteiger partial charge in [0.15, 0.2) is 11.5 Å². The number of hydrogen-bond acceptors (Lipinski definition) is 7. The number of fused-ring (bicyclic) bond motifs is 2. The molecule has 9 nitrogen and oxygen atoms in total. The van der Waals surface area contributed by atoms with Crippen LogP contribution in [0, 0.1) is 28.1 Å². The van der Waals surface area contributed by atoms with E-state index in [-0.39, 0.29) is 34.9 Å². The number of hydrogen-bond donors (Lipinski definition) is 2. The van der Waals surface area contributed by atoms with Crippen molar-refractivity contribution in [2.45, 2.75) is 77.5 Å². The van der Waals surface area contributed by atoms with Crippen LogP contribution in [-0.4, -0.2) is 59.6 Å². The van der Waals surface area contributed by atoms with E-state index >= 15 is 0 Å². The van der Waals surface area contributed by atoms with E-state index in [1.807, 2.05) is 6.07 Å². The van der Waals surface area contributed by atoms with Crippen LogP contribution in [-0.2, 0) is 19.1 Å². The normalized spacial score (nSPS) is 28.2. The number of carbonyl (C=O) groups excluding carboxylic acids is 3. The van der Waals surface area contributed by atoms with Gasteiger partial charge in [-0.05, 0) is 67.2 Å². The monoisotopic (exact) mass is 523 g/mol. The summed E-state index contributed by atoms with van der Waals surface area (Å²) in [5, 5.41) is 21.6. The van der Waals surface area contributed by atoms with Crippen LogP contribution in [0.5, 0.6) is 11.5 Å². The molecule has 3 fully saturated rings. The fourth-order valence-corrected chi connectivity index (χ4v) is 6.48. The van der Waals surface area contributed by atoms with Gasteiger partial charge in [-0.15, -0.1) is 0 Å². The van der Waals surface area contributed by atoms with Crippen LogP contribution < -0.4 is 10.1 Å². The number of methoxy groups -OCH3 is 1. The van der Waals surface area contributed by atoms with Gasteiger partial charge in [0.1, 0.15) is 18.2 Å². The van der Waals surface area contributed by atoms with Crippen LogP contribution in [0.3, 0.4) is 0 Å². The number of nitrogens with one attached hydrogen (secondary N) is 1. The number of benzene rings is 1. The highest BCUT2D eigenvalue weighted by molar-refractivity contribution is 5.96. The number of phenols is 1. The molecule has 5 unspecified atom stereocenters. The molecule has 38 heavy (non-hydrogen) atoms. The number of esters is 1. The molecule has 9 heteroatoms. The van der Waals surface area contributed by atoms with E-state index < -0.39 is 29.9 Å². The first kappa shape index (κ1) is 27.5. The molecular weight excluding hydrogens is 486 g/mol. The highest BCUT2D eigenvalue weighted by Crippen LogP contribution is 2.66. The maximum atomic E-state index is 13.4. The highest BCUT2D eigenvalue weighted by Gasteiger charge is 2.63. The van der Waals surface area contributed by atoms with Gasteiger partial charge in [-0.1, -0.05) is 26.8 Å². The Kier molecular flexibility index (Phi) is 7.73. The fourth-order valence-electron chi connectivity index (χ4n) is 6.48. The van der Waals surface area contributed by atoms with E-state index in [2.05, 4.69) is 26.1 Å². The SMILES string of the molecule is COc1cc(/C=C/C(=O)NC(CC#N)C(=O)N2CCCC2C(=O)OC2CC3CCC2(C)C3(C)C)ccc1O. The molecule has 2 saturated carbocycles. The Morgan fingerprint density at radius 1 is 1.29 bits per heavy atom. The van der Waals surface area contributed by atoms with E-state index in [0.29, 0.717) is 30.9 Å². The zero-order valence-electron chi connectivity index (χ0n) is 22.5. The Bertz CT molecular complexity index is 1170. The standard InChI is InChI=1S/C29H37N3O6/c1-28(2)19-11-13-29(28,3)24(17-19)38-27(36)21-6-5-15-32(21)26(35)20(12-14-30)31-25(34)10-8-18-7-9-22(33)23(16-18)37-4/h7-10,16,19-21,24,33H,5-6,11-13,15,17H2,1-4H3,(H,31,34)/b10-8+. The average Bonchev–Trinajstić information content (AvgIpc) is 3.51. The quantitative estimate of drug-likeness (QED) is 0.394. The summed E-state index contributed by atoms with van der Waals surface area (Å²) in [5.74, 6) is -0.642. The van der Waals surface area contributed by atoms with Crippen molar-refractivity contribution >= 4 is 23.9 Å². The molecule has 1 saturated heterocycles. The molecule has 3 aliphatic rings. The van der Waals surface area contributed by atoms with Crippen molar-refractivity contribution in [1.82, 2.24) is 10.2 Å². The molecule has 2 bridgehead atoms. The summed E-state index contributed by atoms with van der Waals surface area (Å²) in [6.07, 6.45) is 6.54. The van der Waals surface area contributed by atoms with Crippen LogP contribution in [0.4, 0.5) is 0 Å². The number of nitrogens with zero attached hydrogens (tertiary/aromatic N) is 2. The van der Waals surface area contributed by atoms with Gasteiger partial charge in [0, 0.05) is 18.0 Å². The third-order valence-corrected chi connectivity index (χ3v) is 9.32. The summed E-state index contributed by atoms with van der Waals surface area (Å²) < 4.78 is 11.1. The molecule has 0 aromatic heterocycles. The lowest BCUT2D eigenvalue weighted by molar-refractivity contribution is -0.165. The van der Waals surface area contributed by atoms with Crippen LogP contribution in [0.15, 0.2) is 24.3 Å². The molecule has 0 radical (unpaired) electrons. The molecule has 204 valence electrons. The molecule has 2 amide bonds. The predicted octanol–water partition coefficient (Wildman–Crippen LogP) is 3.56. The third kappa shape index (κ3) is 4.96. The van der Waals surface area contributed by atoms with Gasteiger partial charge in [-0.3, -0.25) is 9.59 Å². The minimum atomic E-state index is -1.08. The van der Waals surface area contributed by atoms with Gasteiger partial charge in [-0.2, -0.15) is 5.26 Å². The van der Waals surface area contributed by atoms with Crippen LogP contribution in [0.25, 0.3) is 6.08 Å². The molecular formula is C29H37N3O6. The van der Waals surface area contributed by atoms with Gasteiger partial charge >= 0.3 is 5.97 Å². The maximum Gasteiger partial charge on any atom is 0.329 e. The van der Waals surface area contributed by atoms with Crippen LogP contribution in [0.1, 0.15) is 64.9 Å². The lowest BCUT2D eigenvalue weighted by Gasteiger charge is -2.39. The molecule has 1 heterocycles. The molecule has 2 N–H and O–H groups in total. The van der Waals surface area contributed by atoms with Crippen molar-refractivity contribution < 1.29 is 29.0 Å². The van der Waals surface area contributed by atoms with Gasteiger partial charge in [0.25, 0.3) is 0 Å². The molecule has 4 rings (SSSR count). The predicted molar refractivity (Wildman–Crippen MR) is 140 cm³/mol. The summed E-state index contributed by atoms with van der Waals surface area (Å²) >= 11 is 0. The fraction of sp³-hybridized carbons (Fsp3) is 0.586. The minimum absolute atomic E-state index is 0.0225. The summed E-state index contributed by atoms with van der Waals surface area (Å²) in [5.41, 5.74) is 0.633. The first-order chi connectivity index (χ1) is 18.0. The minimum Gasteiger partial charge on any atom is -0.504 e. The summed E-state index contributed by atoms with van der Waals surface area (Å²) in [7, 11) is 1.42. The Morgan fingerprint density at radius 3 is 2.68 bits per heavy atom. The van der Waals surface area contributed by atoms with E-state index in [4.69, 9.17) is 9.47 Å². The molecule has 2 aliphatic carbocycles. The molecule has 0 spiro atoms. The van der Waals surface area contributed by atoms with E-state index in [0.717, 1.165) is 19.3 Å². The number of amides is 2. The number of aromatic hydroxyl groups is 1. The molecule has 1 aliphatic heterocycles. The number of ether oxygens (including phenoxy) is 2. The first-order valence-electron chi connectivity index (χ1n) is 13.3. The summed E-state index contributed by atoms with van der Waals surface area (Å²) in [6, 6.07) is 4.78. The van der Waals surface area contributed by atoms with Crippen LogP contribution in [0.2, 0.25) is 0 Å². The molecule has 5 atom stereocenters. The highest BCUT2D eigenvalue weighted by atomic mass is 16.5. The van der Waals surface area contributed by atoms with Gasteiger partial charge < -0.3 is 24.8 Å². The van der Waals surface area contributed by atoms with Crippen molar-refractivity contribution in [3.8, 4) is 17.6 Å². The van der Waals surface area contributed by atoms with Crippen molar-refractivity contribution in [3.05, 3.63) is 29.8 Å². The van der Waals surface area contributed by atoms with Crippen molar-refractivity contribution in [1.29, 1.82) is 5.26 Å². The van der Waals surface area contributed by atoms with Crippen molar-refractivity contribution in [2.24, 2.45) is 16.7 Å². The van der Waals surface area contributed by atoms with E-state index in [1.54, 1.807) is 12.1 Å². The third-order valence-electron chi connectivity index (χ3n) is 9.32. The second kappa shape index (κ2) is 10.7. The zero-order valence-corrected chi connectivity index (χ0v) is 22.5.